The van der Waals surface area contributed by atoms with E-state index < -0.39 is 0 Å². The van der Waals surface area contributed by atoms with Gasteiger partial charge in [0.1, 0.15) is 6.23 Å². The molecular formula is C6H14ClNO. The van der Waals surface area contributed by atoms with Crippen molar-refractivity contribution in [3.63, 3.8) is 0 Å². The fraction of sp³-hybridized carbons (Fsp3) is 1.00. The van der Waals surface area contributed by atoms with E-state index >= 15 is 0 Å². The SMILES string of the molecule is CCOC1CCCN1.Cl. The van der Waals surface area contributed by atoms with Crippen LogP contribution in [0.2, 0.25) is 0 Å². The minimum Gasteiger partial charge on any atom is -0.364 e. The third-order valence-corrected chi connectivity index (χ3v) is 1.38. The molecule has 0 aliphatic carbocycles. The van der Waals surface area contributed by atoms with Gasteiger partial charge in [-0.05, 0) is 26.3 Å². The summed E-state index contributed by atoms with van der Waals surface area (Å²) >= 11 is 0. The molecule has 0 saturated carbocycles. The number of nitrogens with one attached hydrogen (secondary N) is 1. The van der Waals surface area contributed by atoms with Crippen molar-refractivity contribution in [3.8, 4) is 0 Å². The molecule has 1 N–H and O–H groups in total. The van der Waals surface area contributed by atoms with Crippen LogP contribution in [-0.4, -0.2) is 19.4 Å². The van der Waals surface area contributed by atoms with E-state index in [1.54, 1.807) is 0 Å². The van der Waals surface area contributed by atoms with Crippen LogP contribution in [0.3, 0.4) is 0 Å². The average molecular weight is 152 g/mol. The molecule has 0 bridgehead atoms. The molecule has 1 saturated heterocycles. The average Bonchev–Trinajstić information content (AvgIpc) is 2.19. The Labute approximate surface area is 62.4 Å². The molecular weight excluding hydrogens is 138 g/mol. The predicted molar refractivity (Wildman–Crippen MR) is 39.9 cm³/mol. The summed E-state index contributed by atoms with van der Waals surface area (Å²) in [6.45, 7) is 3.99. The van der Waals surface area contributed by atoms with Crippen LogP contribution in [0.1, 0.15) is 19.8 Å². The van der Waals surface area contributed by atoms with Crippen molar-refractivity contribution in [1.82, 2.24) is 5.32 Å². The first-order valence-electron chi connectivity index (χ1n) is 3.28. The molecule has 1 rings (SSSR count). The van der Waals surface area contributed by atoms with Crippen molar-refractivity contribution in [2.45, 2.75) is 26.0 Å². The van der Waals surface area contributed by atoms with Crippen LogP contribution in [0.5, 0.6) is 0 Å². The quantitative estimate of drug-likeness (QED) is 0.640. The molecule has 1 atom stereocenters. The lowest BCUT2D eigenvalue weighted by Crippen LogP contribution is -2.24. The molecule has 56 valence electrons. The van der Waals surface area contributed by atoms with E-state index in [9.17, 15) is 0 Å². The Morgan fingerprint density at radius 1 is 1.67 bits per heavy atom. The smallest absolute Gasteiger partial charge is 0.108 e. The minimum atomic E-state index is 0. The van der Waals surface area contributed by atoms with Gasteiger partial charge in [-0.15, -0.1) is 12.4 Å². The summed E-state index contributed by atoms with van der Waals surface area (Å²) in [5.74, 6) is 0. The van der Waals surface area contributed by atoms with Gasteiger partial charge in [0.05, 0.1) is 0 Å². The zero-order chi connectivity index (χ0) is 5.82. The fourth-order valence-electron chi connectivity index (χ4n) is 0.996. The zero-order valence-electron chi connectivity index (χ0n) is 5.72. The van der Waals surface area contributed by atoms with Crippen LogP contribution in [0, 0.1) is 0 Å². The van der Waals surface area contributed by atoms with Gasteiger partial charge in [-0.1, -0.05) is 0 Å². The fourth-order valence-corrected chi connectivity index (χ4v) is 0.996. The number of hydrogen-bond donors (Lipinski definition) is 1. The second-order valence-electron chi connectivity index (χ2n) is 2.04. The maximum atomic E-state index is 5.29. The van der Waals surface area contributed by atoms with Crippen molar-refractivity contribution in [2.75, 3.05) is 13.2 Å². The topological polar surface area (TPSA) is 21.3 Å². The standard InChI is InChI=1S/C6H13NO.ClH/c1-2-8-6-4-3-5-7-6;/h6-7H,2-5H2,1H3;1H. The zero-order valence-corrected chi connectivity index (χ0v) is 6.54. The molecule has 2 nitrogen and oxygen atoms in total. The largest absolute Gasteiger partial charge is 0.364 e. The van der Waals surface area contributed by atoms with Gasteiger partial charge in [0.25, 0.3) is 0 Å². The summed E-state index contributed by atoms with van der Waals surface area (Å²) in [5.41, 5.74) is 0. The van der Waals surface area contributed by atoms with Crippen molar-refractivity contribution in [1.29, 1.82) is 0 Å². The molecule has 0 aromatic rings. The highest BCUT2D eigenvalue weighted by Crippen LogP contribution is 2.04. The van der Waals surface area contributed by atoms with E-state index in [-0.39, 0.29) is 12.4 Å². The third kappa shape index (κ3) is 3.04. The molecule has 0 aromatic heterocycles. The van der Waals surface area contributed by atoms with Crippen molar-refractivity contribution in [3.05, 3.63) is 0 Å². The van der Waals surface area contributed by atoms with E-state index in [1.165, 1.54) is 12.8 Å². The Bertz CT molecular complexity index is 64.1. The van der Waals surface area contributed by atoms with Crippen LogP contribution < -0.4 is 5.32 Å². The van der Waals surface area contributed by atoms with Crippen LogP contribution >= 0.6 is 12.4 Å². The minimum absolute atomic E-state index is 0. The van der Waals surface area contributed by atoms with Gasteiger partial charge in [0.2, 0.25) is 0 Å². The first kappa shape index (κ1) is 9.21. The lowest BCUT2D eigenvalue weighted by molar-refractivity contribution is 0.0529. The van der Waals surface area contributed by atoms with Crippen molar-refractivity contribution >= 4 is 12.4 Å². The Kier molecular flexibility index (Phi) is 5.15. The summed E-state index contributed by atoms with van der Waals surface area (Å²) in [4.78, 5) is 0. The number of hydrogen-bond acceptors (Lipinski definition) is 2. The Hall–Kier alpha value is 0.210. The van der Waals surface area contributed by atoms with Crippen LogP contribution in [-0.2, 0) is 4.74 Å². The second kappa shape index (κ2) is 5.03. The molecule has 1 aliphatic rings. The van der Waals surface area contributed by atoms with Crippen molar-refractivity contribution < 1.29 is 4.74 Å². The summed E-state index contributed by atoms with van der Waals surface area (Å²) in [6, 6.07) is 0. The predicted octanol–water partition coefficient (Wildman–Crippen LogP) is 1.15. The van der Waals surface area contributed by atoms with Crippen LogP contribution in [0.4, 0.5) is 0 Å². The second-order valence-corrected chi connectivity index (χ2v) is 2.04. The lowest BCUT2D eigenvalue weighted by Gasteiger charge is -2.07. The summed E-state index contributed by atoms with van der Waals surface area (Å²) in [7, 11) is 0. The number of rotatable bonds is 2. The van der Waals surface area contributed by atoms with E-state index in [0.717, 1.165) is 13.2 Å². The van der Waals surface area contributed by atoms with Gasteiger partial charge in [0.15, 0.2) is 0 Å². The Balaban J connectivity index is 0.000000640. The molecule has 1 unspecified atom stereocenters. The molecule has 0 radical (unpaired) electrons. The van der Waals surface area contributed by atoms with Crippen molar-refractivity contribution in [2.24, 2.45) is 0 Å². The molecule has 0 amide bonds. The Morgan fingerprint density at radius 2 is 2.44 bits per heavy atom. The number of halogens is 1. The first-order chi connectivity index (χ1) is 3.93. The molecule has 9 heavy (non-hydrogen) atoms. The maximum absolute atomic E-state index is 5.29. The third-order valence-electron chi connectivity index (χ3n) is 1.38. The maximum Gasteiger partial charge on any atom is 0.108 e. The van der Waals surface area contributed by atoms with E-state index in [2.05, 4.69) is 5.32 Å². The summed E-state index contributed by atoms with van der Waals surface area (Å²) in [6.07, 6.45) is 2.82. The van der Waals surface area contributed by atoms with Gasteiger partial charge in [0, 0.05) is 6.61 Å². The molecule has 1 heterocycles. The first-order valence-corrected chi connectivity index (χ1v) is 3.28. The highest BCUT2D eigenvalue weighted by molar-refractivity contribution is 5.85. The van der Waals surface area contributed by atoms with E-state index in [1.807, 2.05) is 6.92 Å². The molecule has 1 aliphatic heterocycles. The molecule has 1 fully saturated rings. The van der Waals surface area contributed by atoms with E-state index in [0.29, 0.717) is 6.23 Å². The normalized spacial score (nSPS) is 25.7. The van der Waals surface area contributed by atoms with Gasteiger partial charge in [-0.2, -0.15) is 0 Å². The van der Waals surface area contributed by atoms with E-state index in [4.69, 9.17) is 4.74 Å². The summed E-state index contributed by atoms with van der Waals surface area (Å²) in [5, 5.41) is 3.24. The van der Waals surface area contributed by atoms with Crippen LogP contribution in [0.25, 0.3) is 0 Å². The van der Waals surface area contributed by atoms with Gasteiger partial charge < -0.3 is 4.74 Å². The van der Waals surface area contributed by atoms with Gasteiger partial charge in [-0.25, -0.2) is 0 Å². The van der Waals surface area contributed by atoms with Crippen LogP contribution in [0.15, 0.2) is 0 Å². The monoisotopic (exact) mass is 151 g/mol. The van der Waals surface area contributed by atoms with Gasteiger partial charge >= 0.3 is 0 Å². The molecule has 0 aromatic carbocycles. The molecule has 3 heteroatoms. The highest BCUT2D eigenvalue weighted by Gasteiger charge is 2.11. The molecule has 0 spiro atoms. The highest BCUT2D eigenvalue weighted by atomic mass is 35.5. The summed E-state index contributed by atoms with van der Waals surface area (Å²) < 4.78 is 5.29. The number of ether oxygens (including phenoxy) is 1. The lowest BCUT2D eigenvalue weighted by atomic mass is 10.4. The Morgan fingerprint density at radius 3 is 2.89 bits per heavy atom. The van der Waals surface area contributed by atoms with Gasteiger partial charge in [-0.3, -0.25) is 5.32 Å².